The fourth-order valence-electron chi connectivity index (χ4n) is 3.25. The van der Waals surface area contributed by atoms with Crippen LogP contribution in [0.4, 0.5) is 5.82 Å². The third kappa shape index (κ3) is 3.94. The van der Waals surface area contributed by atoms with E-state index in [1.807, 2.05) is 24.4 Å². The van der Waals surface area contributed by atoms with E-state index in [1.54, 1.807) is 0 Å². The molecule has 0 radical (unpaired) electrons. The van der Waals surface area contributed by atoms with Crippen LogP contribution in [0.2, 0.25) is 0 Å². The van der Waals surface area contributed by atoms with Crippen molar-refractivity contribution in [2.45, 2.75) is 32.9 Å². The number of pyridine rings is 1. The summed E-state index contributed by atoms with van der Waals surface area (Å²) in [6.45, 7) is 9.68. The fourth-order valence-corrected chi connectivity index (χ4v) is 3.25. The van der Waals surface area contributed by atoms with Gasteiger partial charge in [0.25, 0.3) is 0 Å². The van der Waals surface area contributed by atoms with Gasteiger partial charge in [-0.05, 0) is 28.7 Å². The van der Waals surface area contributed by atoms with Crippen molar-refractivity contribution in [3.8, 4) is 0 Å². The zero-order valence-electron chi connectivity index (χ0n) is 14.7. The maximum atomic E-state index is 9.13. The molecule has 24 heavy (non-hydrogen) atoms. The Morgan fingerprint density at radius 3 is 2.29 bits per heavy atom. The molecule has 4 heteroatoms. The number of aromatic nitrogens is 1. The average Bonchev–Trinajstić information content (AvgIpc) is 2.63. The van der Waals surface area contributed by atoms with E-state index in [2.05, 4.69) is 46.8 Å². The number of piperazine rings is 1. The number of anilines is 1. The molecule has 128 valence electrons. The minimum atomic E-state index is 0.112. The summed E-state index contributed by atoms with van der Waals surface area (Å²) in [4.78, 5) is 9.54. The van der Waals surface area contributed by atoms with Crippen LogP contribution in [0.1, 0.15) is 36.5 Å². The van der Waals surface area contributed by atoms with E-state index in [1.165, 1.54) is 11.1 Å². The summed E-state index contributed by atoms with van der Waals surface area (Å²) in [6.07, 6.45) is 1.90. The molecule has 4 nitrogen and oxygen atoms in total. The largest absolute Gasteiger partial charge is 0.392 e. The minimum absolute atomic E-state index is 0.112. The summed E-state index contributed by atoms with van der Waals surface area (Å²) < 4.78 is 0. The molecular weight excluding hydrogens is 298 g/mol. The van der Waals surface area contributed by atoms with Gasteiger partial charge in [-0.3, -0.25) is 4.90 Å². The first-order valence-corrected chi connectivity index (χ1v) is 8.78. The average molecular weight is 325 g/mol. The number of aliphatic hydroxyl groups excluding tert-OH is 1. The molecule has 1 aliphatic rings. The van der Waals surface area contributed by atoms with Gasteiger partial charge in [0.05, 0.1) is 6.61 Å². The van der Waals surface area contributed by atoms with E-state index in [0.717, 1.165) is 44.1 Å². The van der Waals surface area contributed by atoms with Crippen LogP contribution in [0.5, 0.6) is 0 Å². The van der Waals surface area contributed by atoms with Crippen LogP contribution < -0.4 is 4.90 Å². The van der Waals surface area contributed by atoms with Crippen molar-refractivity contribution < 1.29 is 5.11 Å². The van der Waals surface area contributed by atoms with Crippen LogP contribution in [0.3, 0.4) is 0 Å². The number of aliphatic hydroxyl groups is 1. The maximum absolute atomic E-state index is 9.13. The van der Waals surface area contributed by atoms with Gasteiger partial charge >= 0.3 is 0 Å². The summed E-state index contributed by atoms with van der Waals surface area (Å²) in [6, 6.07) is 12.5. The Balaban J connectivity index is 1.59. The van der Waals surface area contributed by atoms with Gasteiger partial charge in [0, 0.05) is 38.9 Å². The summed E-state index contributed by atoms with van der Waals surface area (Å²) in [5.41, 5.74) is 3.62. The Labute approximate surface area is 144 Å². The van der Waals surface area contributed by atoms with Gasteiger partial charge in [-0.2, -0.15) is 0 Å². The lowest BCUT2D eigenvalue weighted by Crippen LogP contribution is -2.46. The molecule has 2 heterocycles. The zero-order chi connectivity index (χ0) is 16.9. The predicted octanol–water partition coefficient (Wildman–Crippen LogP) is 3.02. The Hall–Kier alpha value is -1.91. The summed E-state index contributed by atoms with van der Waals surface area (Å²) in [7, 11) is 0. The smallest absolute Gasteiger partial charge is 0.132 e. The van der Waals surface area contributed by atoms with Crippen LogP contribution in [0.25, 0.3) is 0 Å². The van der Waals surface area contributed by atoms with Gasteiger partial charge in [0.15, 0.2) is 0 Å². The molecule has 1 N–H and O–H groups in total. The highest BCUT2D eigenvalue weighted by Gasteiger charge is 2.20. The van der Waals surface area contributed by atoms with Gasteiger partial charge in [0.1, 0.15) is 5.82 Å². The van der Waals surface area contributed by atoms with Gasteiger partial charge in [-0.1, -0.05) is 44.2 Å². The molecule has 1 fully saturated rings. The second kappa shape index (κ2) is 7.77. The second-order valence-corrected chi connectivity index (χ2v) is 6.81. The quantitative estimate of drug-likeness (QED) is 0.917. The normalized spacial score (nSPS) is 15.9. The van der Waals surface area contributed by atoms with E-state index in [-0.39, 0.29) is 6.61 Å². The maximum Gasteiger partial charge on any atom is 0.132 e. The molecular formula is C20H27N3O. The van der Waals surface area contributed by atoms with E-state index in [0.29, 0.717) is 5.92 Å². The highest BCUT2D eigenvalue weighted by Crippen LogP contribution is 2.26. The van der Waals surface area contributed by atoms with Crippen LogP contribution >= 0.6 is 0 Å². The lowest BCUT2D eigenvalue weighted by molar-refractivity contribution is 0.249. The van der Waals surface area contributed by atoms with E-state index >= 15 is 0 Å². The molecule has 3 rings (SSSR count). The lowest BCUT2D eigenvalue weighted by Gasteiger charge is -2.36. The van der Waals surface area contributed by atoms with E-state index < -0.39 is 0 Å². The van der Waals surface area contributed by atoms with Crippen molar-refractivity contribution in [3.05, 3.63) is 59.3 Å². The van der Waals surface area contributed by atoms with Gasteiger partial charge < -0.3 is 10.0 Å². The van der Waals surface area contributed by atoms with Crippen molar-refractivity contribution in [1.82, 2.24) is 9.88 Å². The molecule has 1 aliphatic heterocycles. The van der Waals surface area contributed by atoms with Crippen LogP contribution in [0, 0.1) is 0 Å². The Morgan fingerprint density at radius 1 is 1.00 bits per heavy atom. The Kier molecular flexibility index (Phi) is 5.48. The molecule has 0 atom stereocenters. The van der Waals surface area contributed by atoms with Crippen LogP contribution in [-0.2, 0) is 13.2 Å². The summed E-state index contributed by atoms with van der Waals surface area (Å²) >= 11 is 0. The predicted molar refractivity (Wildman–Crippen MR) is 98.2 cm³/mol. The molecule has 0 aliphatic carbocycles. The van der Waals surface area contributed by atoms with Crippen LogP contribution in [0.15, 0.2) is 42.6 Å². The van der Waals surface area contributed by atoms with Crippen molar-refractivity contribution in [1.29, 1.82) is 0 Å². The zero-order valence-corrected chi connectivity index (χ0v) is 14.7. The number of rotatable bonds is 5. The number of nitrogens with zero attached hydrogens (tertiary/aromatic N) is 3. The third-order valence-corrected chi connectivity index (χ3v) is 4.72. The Bertz CT molecular complexity index is 646. The molecule has 1 aromatic carbocycles. The molecule has 1 aromatic heterocycles. The topological polar surface area (TPSA) is 39.6 Å². The molecule has 1 saturated heterocycles. The van der Waals surface area contributed by atoms with Crippen molar-refractivity contribution in [2.75, 3.05) is 31.1 Å². The van der Waals surface area contributed by atoms with E-state index in [4.69, 9.17) is 5.11 Å². The summed E-state index contributed by atoms with van der Waals surface area (Å²) in [5.74, 6) is 1.65. The number of hydrogen-bond donors (Lipinski definition) is 1. The first kappa shape index (κ1) is 16.9. The first-order valence-electron chi connectivity index (χ1n) is 8.78. The highest BCUT2D eigenvalue weighted by molar-refractivity contribution is 5.48. The second-order valence-electron chi connectivity index (χ2n) is 6.81. The van der Waals surface area contributed by atoms with Crippen molar-refractivity contribution in [2.24, 2.45) is 0 Å². The third-order valence-electron chi connectivity index (χ3n) is 4.72. The molecule has 0 bridgehead atoms. The molecule has 0 spiro atoms. The molecule has 0 unspecified atom stereocenters. The lowest BCUT2D eigenvalue weighted by atomic mass is 10.0. The molecule has 0 saturated carbocycles. The SMILES string of the molecule is CC(C)c1cccnc1N1CCN(Cc2ccc(CO)cc2)CC1. The van der Waals surface area contributed by atoms with Gasteiger partial charge in [-0.25, -0.2) is 4.98 Å². The van der Waals surface area contributed by atoms with Gasteiger partial charge in [0.2, 0.25) is 0 Å². The first-order chi connectivity index (χ1) is 11.7. The van der Waals surface area contributed by atoms with Crippen LogP contribution in [-0.4, -0.2) is 41.2 Å². The monoisotopic (exact) mass is 325 g/mol. The highest BCUT2D eigenvalue weighted by atomic mass is 16.3. The van der Waals surface area contributed by atoms with Crippen molar-refractivity contribution in [3.63, 3.8) is 0 Å². The van der Waals surface area contributed by atoms with Crippen molar-refractivity contribution >= 4 is 5.82 Å². The number of benzene rings is 1. The minimum Gasteiger partial charge on any atom is -0.392 e. The summed E-state index contributed by atoms with van der Waals surface area (Å²) in [5, 5.41) is 9.13. The Morgan fingerprint density at radius 2 is 1.67 bits per heavy atom. The fraction of sp³-hybridized carbons (Fsp3) is 0.450. The molecule has 0 amide bonds. The molecule has 2 aromatic rings. The van der Waals surface area contributed by atoms with E-state index in [9.17, 15) is 0 Å². The standard InChI is InChI=1S/C20H27N3O/c1-16(2)19-4-3-9-21-20(19)23-12-10-22(11-13-23)14-17-5-7-18(15-24)8-6-17/h3-9,16,24H,10-15H2,1-2H3. The number of hydrogen-bond acceptors (Lipinski definition) is 4. The van der Waals surface area contributed by atoms with Gasteiger partial charge in [-0.15, -0.1) is 0 Å².